The van der Waals surface area contributed by atoms with Crippen molar-refractivity contribution in [2.24, 2.45) is 0 Å². The lowest BCUT2D eigenvalue weighted by Crippen LogP contribution is -2.30. The van der Waals surface area contributed by atoms with Crippen molar-refractivity contribution in [1.82, 2.24) is 9.88 Å². The highest BCUT2D eigenvalue weighted by atomic mass is 16.7. The fourth-order valence-corrected chi connectivity index (χ4v) is 4.67. The first-order valence-corrected chi connectivity index (χ1v) is 11.9. The maximum atomic E-state index is 14.0. The highest BCUT2D eigenvalue weighted by Gasteiger charge is 2.24. The Bertz CT molecular complexity index is 1540. The van der Waals surface area contributed by atoms with Gasteiger partial charge in [-0.05, 0) is 41.0 Å². The van der Waals surface area contributed by atoms with E-state index in [1.54, 1.807) is 12.3 Å². The van der Waals surface area contributed by atoms with Gasteiger partial charge in [0.25, 0.3) is 5.91 Å². The Hall–Kier alpha value is -4.64. The van der Waals surface area contributed by atoms with E-state index in [0.29, 0.717) is 30.2 Å². The number of ether oxygens (including phenoxy) is 2. The third-order valence-electron chi connectivity index (χ3n) is 6.41. The van der Waals surface area contributed by atoms with Gasteiger partial charge in [-0.25, -0.2) is 0 Å². The molecule has 0 saturated heterocycles. The lowest BCUT2D eigenvalue weighted by Gasteiger charge is -2.24. The zero-order valence-corrected chi connectivity index (χ0v) is 19.6. The van der Waals surface area contributed by atoms with E-state index in [4.69, 9.17) is 9.47 Å². The topological polar surface area (TPSA) is 51.7 Å². The standard InChI is InChI=1S/C31H24N2O3/c34-31(27-16-17-32-28-14-5-4-13-26(27)28)33(20-25-12-7-15-29-30(25)36-21-35-29)19-22-8-6-11-24(18-22)23-9-2-1-3-10-23/h1-18H,19-21H2. The fraction of sp³-hybridized carbons (Fsp3) is 0.0968. The minimum atomic E-state index is -0.0600. The van der Waals surface area contributed by atoms with Crippen LogP contribution in [0.3, 0.4) is 0 Å². The largest absolute Gasteiger partial charge is 0.454 e. The molecule has 4 aromatic carbocycles. The number of carbonyl (C=O) groups excluding carboxylic acids is 1. The highest BCUT2D eigenvalue weighted by molar-refractivity contribution is 6.06. The third kappa shape index (κ3) is 4.27. The molecule has 0 bridgehead atoms. The maximum Gasteiger partial charge on any atom is 0.255 e. The normalized spacial score (nSPS) is 12.0. The molecule has 2 heterocycles. The summed E-state index contributed by atoms with van der Waals surface area (Å²) in [6.07, 6.45) is 1.70. The van der Waals surface area contributed by atoms with Gasteiger partial charge in [-0.3, -0.25) is 9.78 Å². The molecular formula is C31H24N2O3. The summed E-state index contributed by atoms with van der Waals surface area (Å²) in [4.78, 5) is 20.3. The molecule has 1 aliphatic heterocycles. The van der Waals surface area contributed by atoms with Gasteiger partial charge in [0.2, 0.25) is 6.79 Å². The van der Waals surface area contributed by atoms with Gasteiger partial charge >= 0.3 is 0 Å². The molecule has 5 heteroatoms. The van der Waals surface area contributed by atoms with Gasteiger partial charge in [0.05, 0.1) is 17.6 Å². The van der Waals surface area contributed by atoms with Crippen LogP contribution in [0.25, 0.3) is 22.0 Å². The minimum Gasteiger partial charge on any atom is -0.454 e. The molecule has 1 aliphatic rings. The number of nitrogens with zero attached hydrogens (tertiary/aromatic N) is 2. The monoisotopic (exact) mass is 472 g/mol. The second-order valence-electron chi connectivity index (χ2n) is 8.75. The van der Waals surface area contributed by atoms with Gasteiger partial charge in [0.15, 0.2) is 11.5 Å². The Labute approximate surface area is 209 Å². The van der Waals surface area contributed by atoms with Crippen molar-refractivity contribution in [2.75, 3.05) is 6.79 Å². The molecule has 0 radical (unpaired) electrons. The number of hydrogen-bond acceptors (Lipinski definition) is 4. The van der Waals surface area contributed by atoms with E-state index in [9.17, 15) is 4.79 Å². The van der Waals surface area contributed by atoms with Crippen LogP contribution >= 0.6 is 0 Å². The predicted octanol–water partition coefficient (Wildman–Crippen LogP) is 6.47. The molecule has 0 spiro atoms. The van der Waals surface area contributed by atoms with Gasteiger partial charge in [-0.15, -0.1) is 0 Å². The molecule has 0 N–H and O–H groups in total. The van der Waals surface area contributed by atoms with Crippen LogP contribution in [0.5, 0.6) is 11.5 Å². The van der Waals surface area contributed by atoms with Crippen LogP contribution < -0.4 is 9.47 Å². The van der Waals surface area contributed by atoms with Crippen LogP contribution in [0.1, 0.15) is 21.5 Å². The van der Waals surface area contributed by atoms with Crippen molar-refractivity contribution in [1.29, 1.82) is 0 Å². The quantitative estimate of drug-likeness (QED) is 0.284. The number of pyridine rings is 1. The summed E-state index contributed by atoms with van der Waals surface area (Å²) in [6.45, 7) is 1.02. The van der Waals surface area contributed by atoms with E-state index in [0.717, 1.165) is 33.2 Å². The predicted molar refractivity (Wildman–Crippen MR) is 140 cm³/mol. The zero-order valence-electron chi connectivity index (χ0n) is 19.6. The molecule has 0 saturated carbocycles. The Morgan fingerprint density at radius 1 is 0.778 bits per heavy atom. The molecule has 1 aromatic heterocycles. The van der Waals surface area contributed by atoms with E-state index in [2.05, 4.69) is 35.3 Å². The van der Waals surface area contributed by atoms with Crippen molar-refractivity contribution >= 4 is 16.8 Å². The van der Waals surface area contributed by atoms with Crippen LogP contribution in [0.15, 0.2) is 109 Å². The first-order valence-electron chi connectivity index (χ1n) is 11.9. The van der Waals surface area contributed by atoms with Gasteiger partial charge < -0.3 is 14.4 Å². The van der Waals surface area contributed by atoms with E-state index in [1.165, 1.54) is 0 Å². The number of fused-ring (bicyclic) bond motifs is 2. The van der Waals surface area contributed by atoms with Crippen LogP contribution in [-0.2, 0) is 13.1 Å². The molecule has 176 valence electrons. The van der Waals surface area contributed by atoms with Crippen molar-refractivity contribution < 1.29 is 14.3 Å². The molecule has 0 atom stereocenters. The molecule has 5 nitrogen and oxygen atoms in total. The molecule has 5 aromatic rings. The molecule has 0 fully saturated rings. The Balaban J connectivity index is 1.39. The molecule has 1 amide bonds. The number of carbonyl (C=O) groups is 1. The van der Waals surface area contributed by atoms with Gasteiger partial charge in [0, 0.05) is 23.7 Å². The maximum absolute atomic E-state index is 14.0. The number of hydrogen-bond donors (Lipinski definition) is 0. The zero-order chi connectivity index (χ0) is 24.3. The lowest BCUT2D eigenvalue weighted by molar-refractivity contribution is 0.0730. The van der Waals surface area contributed by atoms with Crippen LogP contribution in [0.4, 0.5) is 0 Å². The molecular weight excluding hydrogens is 448 g/mol. The number of para-hydroxylation sites is 2. The van der Waals surface area contributed by atoms with Crippen LogP contribution in [0, 0.1) is 0 Å². The smallest absolute Gasteiger partial charge is 0.255 e. The van der Waals surface area contributed by atoms with Crippen LogP contribution in [0.2, 0.25) is 0 Å². The van der Waals surface area contributed by atoms with Crippen molar-refractivity contribution in [2.45, 2.75) is 13.1 Å². The minimum absolute atomic E-state index is 0.0600. The average molecular weight is 473 g/mol. The Morgan fingerprint density at radius 3 is 2.50 bits per heavy atom. The number of aromatic nitrogens is 1. The van der Waals surface area contributed by atoms with E-state index in [1.807, 2.05) is 71.6 Å². The molecule has 36 heavy (non-hydrogen) atoms. The SMILES string of the molecule is O=C(c1ccnc2ccccc12)N(Cc1cccc(-c2ccccc2)c1)Cc1cccc2c1OCO2. The highest BCUT2D eigenvalue weighted by Crippen LogP contribution is 2.36. The van der Waals surface area contributed by atoms with Gasteiger partial charge in [0.1, 0.15) is 0 Å². The second-order valence-corrected chi connectivity index (χ2v) is 8.75. The summed E-state index contributed by atoms with van der Waals surface area (Å²) in [6, 6.07) is 33.9. The summed E-state index contributed by atoms with van der Waals surface area (Å²) in [5.41, 5.74) is 5.65. The van der Waals surface area contributed by atoms with E-state index in [-0.39, 0.29) is 12.7 Å². The summed E-state index contributed by atoms with van der Waals surface area (Å²) in [7, 11) is 0. The van der Waals surface area contributed by atoms with E-state index < -0.39 is 0 Å². The number of benzene rings is 4. The molecule has 0 unspecified atom stereocenters. The van der Waals surface area contributed by atoms with Crippen molar-refractivity contribution in [3.05, 3.63) is 126 Å². The lowest BCUT2D eigenvalue weighted by atomic mass is 10.0. The first kappa shape index (κ1) is 21.9. The number of rotatable bonds is 6. The first-order chi connectivity index (χ1) is 17.8. The van der Waals surface area contributed by atoms with Crippen molar-refractivity contribution in [3.8, 4) is 22.6 Å². The summed E-state index contributed by atoms with van der Waals surface area (Å²) >= 11 is 0. The van der Waals surface area contributed by atoms with Gasteiger partial charge in [-0.2, -0.15) is 0 Å². The van der Waals surface area contributed by atoms with E-state index >= 15 is 0 Å². The Kier molecular flexibility index (Phi) is 5.80. The Morgan fingerprint density at radius 2 is 1.58 bits per heavy atom. The molecule has 6 rings (SSSR count). The van der Waals surface area contributed by atoms with Crippen LogP contribution in [-0.4, -0.2) is 22.6 Å². The summed E-state index contributed by atoms with van der Waals surface area (Å²) < 4.78 is 11.3. The number of amides is 1. The second kappa shape index (κ2) is 9.55. The third-order valence-corrected chi connectivity index (χ3v) is 6.41. The molecule has 0 aliphatic carbocycles. The average Bonchev–Trinajstić information content (AvgIpc) is 3.43. The van der Waals surface area contributed by atoms with Gasteiger partial charge in [-0.1, -0.05) is 78.9 Å². The van der Waals surface area contributed by atoms with Crippen molar-refractivity contribution in [3.63, 3.8) is 0 Å². The summed E-state index contributed by atoms with van der Waals surface area (Å²) in [5, 5.41) is 0.839. The summed E-state index contributed by atoms with van der Waals surface area (Å²) in [5.74, 6) is 1.35. The fourth-order valence-electron chi connectivity index (χ4n) is 4.67.